The molecule has 1 aromatic rings. The summed E-state index contributed by atoms with van der Waals surface area (Å²) in [5.74, 6) is 0.604. The number of aromatic nitrogens is 1. The van der Waals surface area contributed by atoms with Gasteiger partial charge in [0.15, 0.2) is 0 Å². The van der Waals surface area contributed by atoms with Gasteiger partial charge >= 0.3 is 0 Å². The van der Waals surface area contributed by atoms with E-state index in [0.29, 0.717) is 17.1 Å². The summed E-state index contributed by atoms with van der Waals surface area (Å²) in [6.45, 7) is 6.51. The zero-order valence-corrected chi connectivity index (χ0v) is 8.97. The molecule has 72 valence electrons. The van der Waals surface area contributed by atoms with Crippen LogP contribution in [0.25, 0.3) is 0 Å². The van der Waals surface area contributed by atoms with Crippen LogP contribution in [0.4, 0.5) is 5.69 Å². The molecule has 0 aliphatic rings. The van der Waals surface area contributed by atoms with Crippen molar-refractivity contribution in [2.75, 3.05) is 5.32 Å². The number of anilines is 1. The van der Waals surface area contributed by atoms with Crippen molar-refractivity contribution in [3.05, 3.63) is 23.5 Å². The highest BCUT2D eigenvalue weighted by Crippen LogP contribution is 2.15. The molecule has 0 amide bonds. The topological polar surface area (TPSA) is 24.9 Å². The summed E-state index contributed by atoms with van der Waals surface area (Å²) in [5, 5.41) is 3.89. The number of halogens is 1. The third-order valence-electron chi connectivity index (χ3n) is 2.12. The van der Waals surface area contributed by atoms with Crippen molar-refractivity contribution in [1.82, 2.24) is 4.98 Å². The van der Waals surface area contributed by atoms with E-state index in [-0.39, 0.29) is 0 Å². The summed E-state index contributed by atoms with van der Waals surface area (Å²) in [6.07, 6.45) is 1.71. The lowest BCUT2D eigenvalue weighted by Crippen LogP contribution is -2.21. The lowest BCUT2D eigenvalue weighted by molar-refractivity contribution is 0.560. The molecule has 0 aliphatic carbocycles. The Kier molecular flexibility index (Phi) is 3.55. The minimum Gasteiger partial charge on any atom is -0.382 e. The van der Waals surface area contributed by atoms with Crippen molar-refractivity contribution in [2.24, 2.45) is 5.92 Å². The van der Waals surface area contributed by atoms with Crippen LogP contribution in [-0.2, 0) is 0 Å². The van der Waals surface area contributed by atoms with Crippen LogP contribution in [0.3, 0.4) is 0 Å². The van der Waals surface area contributed by atoms with Crippen LogP contribution in [0.5, 0.6) is 0 Å². The first-order valence-electron chi connectivity index (χ1n) is 4.47. The number of nitrogens with zero attached hydrogens (tertiary/aromatic N) is 1. The van der Waals surface area contributed by atoms with Gasteiger partial charge in [-0.3, -0.25) is 0 Å². The van der Waals surface area contributed by atoms with Crippen LogP contribution in [0.2, 0.25) is 5.15 Å². The fourth-order valence-electron chi connectivity index (χ4n) is 0.922. The molecular weight excluding hydrogens is 184 g/mol. The molecule has 2 nitrogen and oxygen atoms in total. The average molecular weight is 199 g/mol. The maximum absolute atomic E-state index is 5.76. The fraction of sp³-hybridized carbons (Fsp3) is 0.500. The van der Waals surface area contributed by atoms with E-state index in [0.717, 1.165) is 5.69 Å². The lowest BCUT2D eigenvalue weighted by atomic mass is 10.1. The van der Waals surface area contributed by atoms with Gasteiger partial charge in [-0.2, -0.15) is 0 Å². The molecule has 0 saturated carbocycles. The molecule has 1 atom stereocenters. The summed E-state index contributed by atoms with van der Waals surface area (Å²) < 4.78 is 0. The molecule has 0 radical (unpaired) electrons. The average Bonchev–Trinajstić information content (AvgIpc) is 2.04. The summed E-state index contributed by atoms with van der Waals surface area (Å²) >= 11 is 5.76. The Hall–Kier alpha value is -0.760. The molecule has 1 rings (SSSR count). The molecule has 0 fully saturated rings. The van der Waals surface area contributed by atoms with E-state index in [1.807, 2.05) is 12.1 Å². The maximum atomic E-state index is 5.76. The van der Waals surface area contributed by atoms with E-state index in [2.05, 4.69) is 31.1 Å². The number of hydrogen-bond donors (Lipinski definition) is 1. The largest absolute Gasteiger partial charge is 0.382 e. The Bertz CT molecular complexity index is 273. The van der Waals surface area contributed by atoms with E-state index in [1.54, 1.807) is 6.20 Å². The van der Waals surface area contributed by atoms with Crippen LogP contribution < -0.4 is 5.32 Å². The zero-order valence-electron chi connectivity index (χ0n) is 8.21. The van der Waals surface area contributed by atoms with Gasteiger partial charge < -0.3 is 5.32 Å². The quantitative estimate of drug-likeness (QED) is 0.755. The molecule has 0 aliphatic heterocycles. The van der Waals surface area contributed by atoms with Crippen molar-refractivity contribution in [3.63, 3.8) is 0 Å². The van der Waals surface area contributed by atoms with Crippen molar-refractivity contribution < 1.29 is 0 Å². The normalized spacial score (nSPS) is 13.0. The molecule has 0 spiro atoms. The summed E-state index contributed by atoms with van der Waals surface area (Å²) in [5.41, 5.74) is 1.03. The maximum Gasteiger partial charge on any atom is 0.131 e. The molecule has 0 unspecified atom stereocenters. The Balaban J connectivity index is 2.64. The molecule has 3 heteroatoms. The first-order valence-corrected chi connectivity index (χ1v) is 4.85. The Labute approximate surface area is 84.3 Å². The number of rotatable bonds is 3. The van der Waals surface area contributed by atoms with Crippen LogP contribution in [-0.4, -0.2) is 11.0 Å². The van der Waals surface area contributed by atoms with Gasteiger partial charge in [0.25, 0.3) is 0 Å². The van der Waals surface area contributed by atoms with Gasteiger partial charge in [0.1, 0.15) is 5.15 Å². The van der Waals surface area contributed by atoms with Crippen molar-refractivity contribution >= 4 is 17.3 Å². The molecule has 1 aromatic heterocycles. The van der Waals surface area contributed by atoms with Crippen LogP contribution in [0.1, 0.15) is 20.8 Å². The first-order chi connectivity index (χ1) is 6.09. The third kappa shape index (κ3) is 3.23. The van der Waals surface area contributed by atoms with Gasteiger partial charge in [-0.25, -0.2) is 4.98 Å². The van der Waals surface area contributed by atoms with Crippen molar-refractivity contribution in [2.45, 2.75) is 26.8 Å². The van der Waals surface area contributed by atoms with Gasteiger partial charge in [-0.15, -0.1) is 0 Å². The smallest absolute Gasteiger partial charge is 0.131 e. The molecule has 0 saturated heterocycles. The summed E-state index contributed by atoms with van der Waals surface area (Å²) in [6, 6.07) is 4.20. The van der Waals surface area contributed by atoms with E-state index < -0.39 is 0 Å². The highest BCUT2D eigenvalue weighted by atomic mass is 35.5. The highest BCUT2D eigenvalue weighted by Gasteiger charge is 2.06. The monoisotopic (exact) mass is 198 g/mol. The molecule has 0 bridgehead atoms. The van der Waals surface area contributed by atoms with Gasteiger partial charge in [0.2, 0.25) is 0 Å². The zero-order chi connectivity index (χ0) is 9.84. The van der Waals surface area contributed by atoms with E-state index in [4.69, 9.17) is 11.6 Å². The molecule has 1 heterocycles. The summed E-state index contributed by atoms with van der Waals surface area (Å²) in [4.78, 5) is 3.92. The van der Waals surface area contributed by atoms with E-state index in [1.165, 1.54) is 0 Å². The predicted molar refractivity (Wildman–Crippen MR) is 57.2 cm³/mol. The molecule has 0 aromatic carbocycles. The molecule has 13 heavy (non-hydrogen) atoms. The van der Waals surface area contributed by atoms with E-state index >= 15 is 0 Å². The van der Waals surface area contributed by atoms with Gasteiger partial charge in [0, 0.05) is 17.9 Å². The number of pyridine rings is 1. The lowest BCUT2D eigenvalue weighted by Gasteiger charge is -2.18. The minimum atomic E-state index is 0.443. The van der Waals surface area contributed by atoms with E-state index in [9.17, 15) is 0 Å². The second kappa shape index (κ2) is 4.47. The van der Waals surface area contributed by atoms with Crippen LogP contribution >= 0.6 is 11.6 Å². The first kappa shape index (κ1) is 10.3. The Morgan fingerprint density at radius 3 is 2.62 bits per heavy atom. The van der Waals surface area contributed by atoms with Crippen molar-refractivity contribution in [3.8, 4) is 0 Å². The third-order valence-corrected chi connectivity index (χ3v) is 2.33. The van der Waals surface area contributed by atoms with Gasteiger partial charge in [0.05, 0.1) is 0 Å². The molecular formula is C10H15ClN2. The minimum absolute atomic E-state index is 0.443. The summed E-state index contributed by atoms with van der Waals surface area (Å²) in [7, 11) is 0. The van der Waals surface area contributed by atoms with Gasteiger partial charge in [-0.05, 0) is 25.0 Å². The second-order valence-corrected chi connectivity index (χ2v) is 3.93. The fourth-order valence-corrected chi connectivity index (χ4v) is 1.10. The standard InChI is InChI=1S/C10H15ClN2/c1-7(2)8(3)13-9-4-5-12-10(11)6-9/h4-8H,1-3H3,(H,12,13)/t8-/m0/s1. The Morgan fingerprint density at radius 1 is 1.38 bits per heavy atom. The van der Waals surface area contributed by atoms with Crippen molar-refractivity contribution in [1.29, 1.82) is 0 Å². The van der Waals surface area contributed by atoms with Crippen LogP contribution in [0.15, 0.2) is 18.3 Å². The number of hydrogen-bond acceptors (Lipinski definition) is 2. The number of nitrogens with one attached hydrogen (secondary N) is 1. The predicted octanol–water partition coefficient (Wildman–Crippen LogP) is 3.19. The Morgan fingerprint density at radius 2 is 2.08 bits per heavy atom. The van der Waals surface area contributed by atoms with Crippen LogP contribution in [0, 0.1) is 5.92 Å². The van der Waals surface area contributed by atoms with Gasteiger partial charge in [-0.1, -0.05) is 25.4 Å². The second-order valence-electron chi connectivity index (χ2n) is 3.54. The molecule has 1 N–H and O–H groups in total. The SMILES string of the molecule is CC(C)[C@H](C)Nc1ccnc(Cl)c1. The highest BCUT2D eigenvalue weighted by molar-refractivity contribution is 6.29.